The quantitative estimate of drug-likeness (QED) is 0.901. The van der Waals surface area contributed by atoms with Gasteiger partial charge in [0, 0.05) is 38.8 Å². The molecule has 0 aromatic heterocycles. The molecule has 136 valence electrons. The molecule has 5 nitrogen and oxygen atoms in total. The van der Waals surface area contributed by atoms with Gasteiger partial charge in [-0.1, -0.05) is 48.5 Å². The van der Waals surface area contributed by atoms with Crippen LogP contribution in [0.15, 0.2) is 60.7 Å². The van der Waals surface area contributed by atoms with Gasteiger partial charge in [-0.2, -0.15) is 0 Å². The molecule has 2 aromatic carbocycles. The van der Waals surface area contributed by atoms with Crippen LogP contribution in [0, 0.1) is 0 Å². The van der Waals surface area contributed by atoms with E-state index >= 15 is 0 Å². The van der Waals surface area contributed by atoms with E-state index in [2.05, 4.69) is 22.3 Å². The zero-order valence-corrected chi connectivity index (χ0v) is 15.1. The first-order valence-electron chi connectivity index (χ1n) is 9.03. The molecule has 26 heavy (non-hydrogen) atoms. The van der Waals surface area contributed by atoms with Crippen LogP contribution >= 0.6 is 0 Å². The summed E-state index contributed by atoms with van der Waals surface area (Å²) < 4.78 is 0. The molecule has 0 spiro atoms. The van der Waals surface area contributed by atoms with Gasteiger partial charge < -0.3 is 15.1 Å². The Morgan fingerprint density at radius 3 is 2.08 bits per heavy atom. The van der Waals surface area contributed by atoms with Gasteiger partial charge in [0.05, 0.1) is 12.5 Å². The van der Waals surface area contributed by atoms with E-state index in [-0.39, 0.29) is 24.3 Å². The summed E-state index contributed by atoms with van der Waals surface area (Å²) in [5.41, 5.74) is 2.15. The van der Waals surface area contributed by atoms with E-state index in [0.717, 1.165) is 18.7 Å². The van der Waals surface area contributed by atoms with Gasteiger partial charge in [-0.05, 0) is 17.7 Å². The minimum absolute atomic E-state index is 0.0836. The summed E-state index contributed by atoms with van der Waals surface area (Å²) in [6.45, 7) is 4.54. The van der Waals surface area contributed by atoms with Crippen LogP contribution in [-0.2, 0) is 9.59 Å². The van der Waals surface area contributed by atoms with E-state index < -0.39 is 0 Å². The van der Waals surface area contributed by atoms with Gasteiger partial charge >= 0.3 is 0 Å². The fourth-order valence-corrected chi connectivity index (χ4v) is 3.34. The minimum atomic E-state index is -0.284. The highest BCUT2D eigenvalue weighted by atomic mass is 16.2. The number of hydrogen-bond acceptors (Lipinski definition) is 3. The lowest BCUT2D eigenvalue weighted by Crippen LogP contribution is -2.49. The van der Waals surface area contributed by atoms with Crippen LogP contribution < -0.4 is 10.2 Å². The van der Waals surface area contributed by atoms with Crippen molar-refractivity contribution in [1.29, 1.82) is 0 Å². The van der Waals surface area contributed by atoms with Crippen LogP contribution in [0.4, 0.5) is 5.69 Å². The SMILES string of the molecule is CC(=O)NC(CC(=O)N1CCN(c2ccccc2)CC1)c1ccccc1. The van der Waals surface area contributed by atoms with Crippen LogP contribution in [-0.4, -0.2) is 42.9 Å². The molecule has 0 bridgehead atoms. The molecule has 1 heterocycles. The maximum absolute atomic E-state index is 12.8. The average molecular weight is 351 g/mol. The summed E-state index contributed by atoms with van der Waals surface area (Å²) >= 11 is 0. The van der Waals surface area contributed by atoms with E-state index in [4.69, 9.17) is 0 Å². The lowest BCUT2D eigenvalue weighted by molar-refractivity contribution is -0.132. The molecular weight excluding hydrogens is 326 g/mol. The molecule has 1 aliphatic rings. The zero-order chi connectivity index (χ0) is 18.4. The second-order valence-electron chi connectivity index (χ2n) is 6.57. The highest BCUT2D eigenvalue weighted by molar-refractivity contribution is 5.79. The predicted octanol–water partition coefficient (Wildman–Crippen LogP) is 2.60. The van der Waals surface area contributed by atoms with Gasteiger partial charge in [-0.25, -0.2) is 0 Å². The van der Waals surface area contributed by atoms with Crippen molar-refractivity contribution in [2.45, 2.75) is 19.4 Å². The Kier molecular flexibility index (Phi) is 5.89. The number of anilines is 1. The second-order valence-corrected chi connectivity index (χ2v) is 6.57. The van der Waals surface area contributed by atoms with Gasteiger partial charge in [0.25, 0.3) is 0 Å². The third kappa shape index (κ3) is 4.63. The summed E-state index contributed by atoms with van der Waals surface area (Å²) in [5, 5.41) is 2.90. The Bertz CT molecular complexity index is 725. The molecule has 1 atom stereocenters. The summed E-state index contributed by atoms with van der Waals surface area (Å²) in [6, 6.07) is 19.7. The Labute approximate surface area is 154 Å². The molecule has 0 radical (unpaired) electrons. The normalized spacial score (nSPS) is 15.4. The fourth-order valence-electron chi connectivity index (χ4n) is 3.34. The number of piperazine rings is 1. The number of para-hydroxylation sites is 1. The average Bonchev–Trinajstić information content (AvgIpc) is 2.68. The molecule has 1 N–H and O–H groups in total. The number of nitrogens with zero attached hydrogens (tertiary/aromatic N) is 2. The van der Waals surface area contributed by atoms with Crippen molar-refractivity contribution in [3.05, 3.63) is 66.2 Å². The molecule has 2 aromatic rings. The standard InChI is InChI=1S/C21H25N3O2/c1-17(25)22-20(18-8-4-2-5-9-18)16-21(26)24-14-12-23(13-15-24)19-10-6-3-7-11-19/h2-11,20H,12-16H2,1H3,(H,22,25). The summed E-state index contributed by atoms with van der Waals surface area (Å²) in [5.74, 6) is -0.0409. The zero-order valence-electron chi connectivity index (χ0n) is 15.1. The third-order valence-electron chi connectivity index (χ3n) is 4.71. The smallest absolute Gasteiger partial charge is 0.225 e. The fraction of sp³-hybridized carbons (Fsp3) is 0.333. The third-order valence-corrected chi connectivity index (χ3v) is 4.71. The first-order valence-corrected chi connectivity index (χ1v) is 9.03. The van der Waals surface area contributed by atoms with E-state index in [1.54, 1.807) is 0 Å². The molecule has 1 aliphatic heterocycles. The Balaban J connectivity index is 1.59. The van der Waals surface area contributed by atoms with Gasteiger partial charge in [-0.3, -0.25) is 9.59 Å². The van der Waals surface area contributed by atoms with Crippen molar-refractivity contribution < 1.29 is 9.59 Å². The largest absolute Gasteiger partial charge is 0.368 e. The van der Waals surface area contributed by atoms with Crippen LogP contribution in [0.2, 0.25) is 0 Å². The predicted molar refractivity (Wildman–Crippen MR) is 103 cm³/mol. The van der Waals surface area contributed by atoms with Gasteiger partial charge in [0.1, 0.15) is 0 Å². The van der Waals surface area contributed by atoms with Crippen molar-refractivity contribution in [2.75, 3.05) is 31.1 Å². The topological polar surface area (TPSA) is 52.7 Å². The Hall–Kier alpha value is -2.82. The van der Waals surface area contributed by atoms with Crippen LogP contribution in [0.1, 0.15) is 24.9 Å². The van der Waals surface area contributed by atoms with Crippen molar-refractivity contribution in [2.24, 2.45) is 0 Å². The maximum Gasteiger partial charge on any atom is 0.225 e. The summed E-state index contributed by atoms with van der Waals surface area (Å²) in [7, 11) is 0. The molecule has 0 aliphatic carbocycles. The number of carbonyl (C=O) groups is 2. The molecule has 1 fully saturated rings. The Morgan fingerprint density at radius 1 is 0.923 bits per heavy atom. The molecule has 5 heteroatoms. The number of rotatable bonds is 5. The van der Waals surface area contributed by atoms with E-state index in [0.29, 0.717) is 13.1 Å². The molecule has 3 rings (SSSR count). The number of nitrogens with one attached hydrogen (secondary N) is 1. The van der Waals surface area contributed by atoms with E-state index in [9.17, 15) is 9.59 Å². The minimum Gasteiger partial charge on any atom is -0.368 e. The first kappa shape index (κ1) is 18.0. The lowest BCUT2D eigenvalue weighted by atomic mass is 10.0. The molecule has 1 unspecified atom stereocenters. The number of hydrogen-bond donors (Lipinski definition) is 1. The van der Waals surface area contributed by atoms with Crippen molar-refractivity contribution >= 4 is 17.5 Å². The van der Waals surface area contributed by atoms with Crippen LogP contribution in [0.5, 0.6) is 0 Å². The van der Waals surface area contributed by atoms with Crippen molar-refractivity contribution in [1.82, 2.24) is 10.2 Å². The molecule has 1 saturated heterocycles. The van der Waals surface area contributed by atoms with Gasteiger partial charge in [-0.15, -0.1) is 0 Å². The van der Waals surface area contributed by atoms with Crippen LogP contribution in [0.3, 0.4) is 0 Å². The molecular formula is C21H25N3O2. The van der Waals surface area contributed by atoms with Crippen LogP contribution in [0.25, 0.3) is 0 Å². The number of amides is 2. The monoisotopic (exact) mass is 351 g/mol. The second kappa shape index (κ2) is 8.52. The Morgan fingerprint density at radius 2 is 1.50 bits per heavy atom. The van der Waals surface area contributed by atoms with Gasteiger partial charge in [0.15, 0.2) is 0 Å². The molecule has 0 saturated carbocycles. The van der Waals surface area contributed by atoms with E-state index in [1.165, 1.54) is 12.6 Å². The van der Waals surface area contributed by atoms with Crippen molar-refractivity contribution in [3.8, 4) is 0 Å². The highest BCUT2D eigenvalue weighted by Gasteiger charge is 2.24. The number of carbonyl (C=O) groups excluding carboxylic acids is 2. The highest BCUT2D eigenvalue weighted by Crippen LogP contribution is 2.20. The molecule has 2 amide bonds. The van der Waals surface area contributed by atoms with Gasteiger partial charge in [0.2, 0.25) is 11.8 Å². The first-order chi connectivity index (χ1) is 12.6. The maximum atomic E-state index is 12.8. The summed E-state index contributed by atoms with van der Waals surface area (Å²) in [6.07, 6.45) is 0.287. The van der Waals surface area contributed by atoms with Crippen molar-refractivity contribution in [3.63, 3.8) is 0 Å². The summed E-state index contributed by atoms with van der Waals surface area (Å²) in [4.78, 5) is 28.5. The lowest BCUT2D eigenvalue weighted by Gasteiger charge is -2.36. The number of benzene rings is 2. The van der Waals surface area contributed by atoms with E-state index in [1.807, 2.05) is 53.4 Å².